The van der Waals surface area contributed by atoms with Crippen LogP contribution in [0.5, 0.6) is 0 Å². The summed E-state index contributed by atoms with van der Waals surface area (Å²) in [7, 11) is 0. The van der Waals surface area contributed by atoms with Gasteiger partial charge in [-0.15, -0.1) is 0 Å². The Balaban J connectivity index is 1.46. The van der Waals surface area contributed by atoms with Gasteiger partial charge in [0.15, 0.2) is 0 Å². The van der Waals surface area contributed by atoms with Gasteiger partial charge in [-0.2, -0.15) is 0 Å². The predicted octanol–water partition coefficient (Wildman–Crippen LogP) is 1.68. The zero-order valence-corrected chi connectivity index (χ0v) is 12.7. The molecule has 0 aromatic heterocycles. The molecule has 2 N–H and O–H groups in total. The molecule has 1 aliphatic heterocycles. The SMILES string of the molecule is O=C(NC1CC1)[C@@H](O)C1CCN(Cc2cccc(F)c2)CC1. The summed E-state index contributed by atoms with van der Waals surface area (Å²) >= 11 is 0. The monoisotopic (exact) mass is 306 g/mol. The third-order valence-corrected chi connectivity index (χ3v) is 4.57. The van der Waals surface area contributed by atoms with E-state index in [9.17, 15) is 14.3 Å². The number of hydrogen-bond donors (Lipinski definition) is 2. The number of carbonyl (C=O) groups is 1. The Morgan fingerprint density at radius 3 is 2.68 bits per heavy atom. The van der Waals surface area contributed by atoms with Crippen molar-refractivity contribution >= 4 is 5.91 Å². The standard InChI is InChI=1S/C17H23FN2O2/c18-14-3-1-2-12(10-14)11-20-8-6-13(7-9-20)16(21)17(22)19-15-4-5-15/h1-3,10,13,15-16,21H,4-9,11H2,(H,19,22)/t16-/m0/s1. The number of piperidine rings is 1. The number of carbonyl (C=O) groups excluding carboxylic acids is 1. The molecular formula is C17H23FN2O2. The molecule has 1 aromatic carbocycles. The van der Waals surface area contributed by atoms with Crippen LogP contribution in [0.3, 0.4) is 0 Å². The number of benzene rings is 1. The van der Waals surface area contributed by atoms with Crippen molar-refractivity contribution < 1.29 is 14.3 Å². The number of hydrogen-bond acceptors (Lipinski definition) is 3. The third kappa shape index (κ3) is 4.05. The summed E-state index contributed by atoms with van der Waals surface area (Å²) in [5.74, 6) is -0.395. The van der Waals surface area contributed by atoms with Gasteiger partial charge in [0, 0.05) is 12.6 Å². The number of rotatable bonds is 5. The molecule has 0 bridgehead atoms. The van der Waals surface area contributed by atoms with Crippen molar-refractivity contribution in [3.05, 3.63) is 35.6 Å². The fraction of sp³-hybridized carbons (Fsp3) is 0.588. The summed E-state index contributed by atoms with van der Waals surface area (Å²) in [6.07, 6.45) is 2.77. The van der Waals surface area contributed by atoms with E-state index in [4.69, 9.17) is 0 Å². The summed E-state index contributed by atoms with van der Waals surface area (Å²) in [6.45, 7) is 2.37. The van der Waals surface area contributed by atoms with Crippen molar-refractivity contribution in [1.82, 2.24) is 10.2 Å². The lowest BCUT2D eigenvalue weighted by Crippen LogP contribution is -2.44. The Hall–Kier alpha value is -1.46. The molecule has 1 amide bonds. The first-order chi connectivity index (χ1) is 10.6. The Morgan fingerprint density at radius 2 is 2.05 bits per heavy atom. The maximum atomic E-state index is 13.2. The molecule has 2 fully saturated rings. The maximum absolute atomic E-state index is 13.2. The molecule has 1 heterocycles. The lowest BCUT2D eigenvalue weighted by molar-refractivity contribution is -0.133. The summed E-state index contributed by atoms with van der Waals surface area (Å²) in [5, 5.41) is 13.0. The van der Waals surface area contributed by atoms with Gasteiger partial charge in [-0.1, -0.05) is 12.1 Å². The van der Waals surface area contributed by atoms with E-state index < -0.39 is 6.10 Å². The molecule has 1 aliphatic carbocycles. The Morgan fingerprint density at radius 1 is 1.32 bits per heavy atom. The number of nitrogens with zero attached hydrogens (tertiary/aromatic N) is 1. The Kier molecular flexibility index (Phi) is 4.74. The summed E-state index contributed by atoms with van der Waals surface area (Å²) in [5.41, 5.74) is 0.963. The van der Waals surface area contributed by atoms with E-state index in [0.717, 1.165) is 50.9 Å². The molecule has 3 rings (SSSR count). The summed E-state index contributed by atoms with van der Waals surface area (Å²) in [6, 6.07) is 6.95. The van der Waals surface area contributed by atoms with Gasteiger partial charge in [0.25, 0.3) is 0 Å². The first-order valence-corrected chi connectivity index (χ1v) is 8.07. The minimum absolute atomic E-state index is 0.0301. The molecule has 120 valence electrons. The molecule has 4 nitrogen and oxygen atoms in total. The van der Waals surface area contributed by atoms with Crippen LogP contribution >= 0.6 is 0 Å². The van der Waals surface area contributed by atoms with Crippen LogP contribution in [-0.2, 0) is 11.3 Å². The highest BCUT2D eigenvalue weighted by Crippen LogP contribution is 2.24. The Labute approximate surface area is 130 Å². The molecule has 22 heavy (non-hydrogen) atoms. The lowest BCUT2D eigenvalue weighted by Gasteiger charge is -2.33. The zero-order chi connectivity index (χ0) is 15.5. The van der Waals surface area contributed by atoms with Crippen molar-refractivity contribution in [3.8, 4) is 0 Å². The molecule has 5 heteroatoms. The second-order valence-electron chi connectivity index (χ2n) is 6.47. The highest BCUT2D eigenvalue weighted by Gasteiger charge is 2.32. The van der Waals surface area contributed by atoms with Gasteiger partial charge in [0.1, 0.15) is 11.9 Å². The minimum atomic E-state index is -0.892. The maximum Gasteiger partial charge on any atom is 0.249 e. The second kappa shape index (κ2) is 6.75. The van der Waals surface area contributed by atoms with E-state index in [0.29, 0.717) is 0 Å². The summed E-state index contributed by atoms with van der Waals surface area (Å²) < 4.78 is 13.2. The number of amides is 1. The van der Waals surface area contributed by atoms with Gasteiger partial charge in [0.05, 0.1) is 0 Å². The topological polar surface area (TPSA) is 52.6 Å². The van der Waals surface area contributed by atoms with Gasteiger partial charge in [-0.3, -0.25) is 9.69 Å². The predicted molar refractivity (Wildman–Crippen MR) is 81.6 cm³/mol. The molecule has 1 aromatic rings. The third-order valence-electron chi connectivity index (χ3n) is 4.57. The zero-order valence-electron chi connectivity index (χ0n) is 12.7. The summed E-state index contributed by atoms with van der Waals surface area (Å²) in [4.78, 5) is 14.1. The van der Waals surface area contributed by atoms with Crippen molar-refractivity contribution in [2.75, 3.05) is 13.1 Å². The average Bonchev–Trinajstić information content (AvgIpc) is 3.31. The van der Waals surface area contributed by atoms with E-state index in [-0.39, 0.29) is 23.7 Å². The fourth-order valence-electron chi connectivity index (χ4n) is 3.05. The quantitative estimate of drug-likeness (QED) is 0.870. The highest BCUT2D eigenvalue weighted by molar-refractivity contribution is 5.81. The van der Waals surface area contributed by atoms with Crippen LogP contribution in [0.15, 0.2) is 24.3 Å². The van der Waals surface area contributed by atoms with Gasteiger partial charge in [0.2, 0.25) is 5.91 Å². The molecule has 1 saturated heterocycles. The number of halogens is 1. The molecule has 0 spiro atoms. The van der Waals surface area contributed by atoms with E-state index >= 15 is 0 Å². The molecule has 0 unspecified atom stereocenters. The van der Waals surface area contributed by atoms with Crippen LogP contribution in [0, 0.1) is 11.7 Å². The largest absolute Gasteiger partial charge is 0.383 e. The van der Waals surface area contributed by atoms with E-state index in [2.05, 4.69) is 10.2 Å². The van der Waals surface area contributed by atoms with E-state index in [1.54, 1.807) is 12.1 Å². The molecule has 2 aliphatic rings. The number of aliphatic hydroxyl groups is 1. The van der Waals surface area contributed by atoms with Gasteiger partial charge in [-0.05, 0) is 62.4 Å². The molecule has 1 atom stereocenters. The second-order valence-corrected chi connectivity index (χ2v) is 6.47. The minimum Gasteiger partial charge on any atom is -0.383 e. The molecule has 1 saturated carbocycles. The molecule has 0 radical (unpaired) electrons. The van der Waals surface area contributed by atoms with Crippen LogP contribution in [0.2, 0.25) is 0 Å². The van der Waals surface area contributed by atoms with E-state index in [1.807, 2.05) is 6.07 Å². The fourth-order valence-corrected chi connectivity index (χ4v) is 3.05. The highest BCUT2D eigenvalue weighted by atomic mass is 19.1. The average molecular weight is 306 g/mol. The first-order valence-electron chi connectivity index (χ1n) is 8.07. The van der Waals surface area contributed by atoms with Crippen LogP contribution in [-0.4, -0.2) is 41.1 Å². The van der Waals surface area contributed by atoms with Gasteiger partial charge >= 0.3 is 0 Å². The number of aliphatic hydroxyl groups excluding tert-OH is 1. The van der Waals surface area contributed by atoms with Crippen LogP contribution in [0.4, 0.5) is 4.39 Å². The van der Waals surface area contributed by atoms with Crippen molar-refractivity contribution in [3.63, 3.8) is 0 Å². The number of likely N-dealkylation sites (tertiary alicyclic amines) is 1. The Bertz CT molecular complexity index is 525. The first kappa shape index (κ1) is 15.4. The normalized spacial score (nSPS) is 21.5. The van der Waals surface area contributed by atoms with Crippen LogP contribution in [0.1, 0.15) is 31.2 Å². The van der Waals surface area contributed by atoms with Gasteiger partial charge in [-0.25, -0.2) is 4.39 Å². The number of nitrogens with one attached hydrogen (secondary N) is 1. The van der Waals surface area contributed by atoms with Crippen molar-refractivity contribution in [2.24, 2.45) is 5.92 Å². The molecular weight excluding hydrogens is 283 g/mol. The van der Waals surface area contributed by atoms with Gasteiger partial charge < -0.3 is 10.4 Å². The van der Waals surface area contributed by atoms with Crippen molar-refractivity contribution in [1.29, 1.82) is 0 Å². The van der Waals surface area contributed by atoms with E-state index in [1.165, 1.54) is 6.07 Å². The van der Waals surface area contributed by atoms with Crippen molar-refractivity contribution in [2.45, 2.75) is 44.4 Å². The lowest BCUT2D eigenvalue weighted by atomic mass is 9.90. The van der Waals surface area contributed by atoms with Crippen LogP contribution in [0.25, 0.3) is 0 Å². The smallest absolute Gasteiger partial charge is 0.249 e. The van der Waals surface area contributed by atoms with Crippen LogP contribution < -0.4 is 5.32 Å².